The third-order valence-corrected chi connectivity index (χ3v) is 2.52. The minimum Gasteiger partial charge on any atom is -0.479 e. The molecule has 0 saturated carbocycles. The summed E-state index contributed by atoms with van der Waals surface area (Å²) in [7, 11) is 4.58. The summed E-state index contributed by atoms with van der Waals surface area (Å²) in [5.74, 6) is -0.289. The van der Waals surface area contributed by atoms with Gasteiger partial charge in [-0.25, -0.2) is 4.79 Å². The Morgan fingerprint density at radius 1 is 1.32 bits per heavy atom. The number of methoxy groups -OCH3 is 1. The van der Waals surface area contributed by atoms with Crippen molar-refractivity contribution >= 4 is 17.6 Å². The molecule has 104 valence electrons. The fourth-order valence-electron chi connectivity index (χ4n) is 1.51. The van der Waals surface area contributed by atoms with Gasteiger partial charge in [-0.2, -0.15) is 0 Å². The van der Waals surface area contributed by atoms with Gasteiger partial charge in [0.25, 0.3) is 5.91 Å². The number of hydrogen-bond donors (Lipinski definition) is 1. The summed E-state index contributed by atoms with van der Waals surface area (Å²) in [4.78, 5) is 24.4. The average molecular weight is 266 g/mol. The summed E-state index contributed by atoms with van der Waals surface area (Å²) in [6.07, 6.45) is -0.652. The van der Waals surface area contributed by atoms with Gasteiger partial charge in [0.1, 0.15) is 5.75 Å². The molecule has 0 aromatic heterocycles. The number of carbonyl (C=O) groups is 2. The highest BCUT2D eigenvalue weighted by Gasteiger charge is 2.18. The van der Waals surface area contributed by atoms with E-state index in [-0.39, 0.29) is 11.6 Å². The van der Waals surface area contributed by atoms with Crippen molar-refractivity contribution in [1.29, 1.82) is 0 Å². The third kappa shape index (κ3) is 3.61. The van der Waals surface area contributed by atoms with Gasteiger partial charge in [0.05, 0.1) is 18.4 Å². The molecule has 0 heterocycles. The van der Waals surface area contributed by atoms with Crippen LogP contribution in [-0.4, -0.2) is 44.1 Å². The molecular formula is C13H18N2O4. The molecular weight excluding hydrogens is 248 g/mol. The van der Waals surface area contributed by atoms with Crippen LogP contribution in [-0.2, 0) is 9.53 Å². The van der Waals surface area contributed by atoms with Crippen LogP contribution in [0.4, 0.5) is 5.69 Å². The van der Waals surface area contributed by atoms with Crippen molar-refractivity contribution in [3.8, 4) is 5.75 Å². The largest absolute Gasteiger partial charge is 0.479 e. The van der Waals surface area contributed by atoms with Gasteiger partial charge >= 0.3 is 5.97 Å². The lowest BCUT2D eigenvalue weighted by atomic mass is 10.2. The minimum absolute atomic E-state index is 0.170. The summed E-state index contributed by atoms with van der Waals surface area (Å²) < 4.78 is 10.1. The summed E-state index contributed by atoms with van der Waals surface area (Å²) in [6, 6.07) is 4.53. The molecule has 1 unspecified atom stereocenters. The van der Waals surface area contributed by atoms with Crippen molar-refractivity contribution in [2.45, 2.75) is 13.0 Å². The molecule has 6 nitrogen and oxygen atoms in total. The molecule has 0 bridgehead atoms. The molecule has 1 aromatic rings. The van der Waals surface area contributed by atoms with Gasteiger partial charge in [-0.1, -0.05) is 0 Å². The Morgan fingerprint density at radius 2 is 1.95 bits per heavy atom. The van der Waals surface area contributed by atoms with E-state index in [1.165, 1.54) is 24.1 Å². The highest BCUT2D eigenvalue weighted by Crippen LogP contribution is 2.24. The van der Waals surface area contributed by atoms with Crippen LogP contribution in [0.1, 0.15) is 17.3 Å². The lowest BCUT2D eigenvalue weighted by Crippen LogP contribution is -2.35. The summed E-state index contributed by atoms with van der Waals surface area (Å²) in [6.45, 7) is 1.63. The van der Waals surface area contributed by atoms with Gasteiger partial charge in [0, 0.05) is 14.1 Å². The quantitative estimate of drug-likeness (QED) is 0.647. The molecule has 1 amide bonds. The van der Waals surface area contributed by atoms with E-state index in [4.69, 9.17) is 10.5 Å². The van der Waals surface area contributed by atoms with Crippen LogP contribution in [0.15, 0.2) is 18.2 Å². The third-order valence-electron chi connectivity index (χ3n) is 2.52. The smallest absolute Gasteiger partial charge is 0.337 e. The first kappa shape index (κ1) is 14.8. The minimum atomic E-state index is -0.652. The Bertz CT molecular complexity index is 486. The van der Waals surface area contributed by atoms with E-state index < -0.39 is 12.1 Å². The average Bonchev–Trinajstić information content (AvgIpc) is 2.38. The Balaban J connectivity index is 2.86. The van der Waals surface area contributed by atoms with E-state index in [9.17, 15) is 9.59 Å². The van der Waals surface area contributed by atoms with E-state index in [0.29, 0.717) is 11.3 Å². The van der Waals surface area contributed by atoms with Crippen LogP contribution in [0.2, 0.25) is 0 Å². The molecule has 0 saturated heterocycles. The zero-order valence-electron chi connectivity index (χ0n) is 11.5. The number of esters is 1. The normalized spacial score (nSPS) is 11.6. The maximum atomic E-state index is 11.7. The standard InChI is InChI=1S/C13H18N2O4/c1-8(12(16)15(2)3)19-11-6-5-9(7-10(11)14)13(17)18-4/h5-8H,14H2,1-4H3. The molecule has 1 atom stereocenters. The van der Waals surface area contributed by atoms with Crippen LogP contribution in [0.3, 0.4) is 0 Å². The van der Waals surface area contributed by atoms with Gasteiger partial charge in [-0.05, 0) is 25.1 Å². The van der Waals surface area contributed by atoms with Crippen LogP contribution in [0.5, 0.6) is 5.75 Å². The van der Waals surface area contributed by atoms with Crippen molar-refractivity contribution in [3.63, 3.8) is 0 Å². The Labute approximate surface area is 112 Å². The van der Waals surface area contributed by atoms with E-state index in [1.807, 2.05) is 0 Å². The second-order valence-corrected chi connectivity index (χ2v) is 4.24. The predicted molar refractivity (Wildman–Crippen MR) is 71.0 cm³/mol. The Morgan fingerprint density at radius 3 is 2.42 bits per heavy atom. The zero-order valence-corrected chi connectivity index (χ0v) is 11.5. The van der Waals surface area contributed by atoms with Crippen LogP contribution in [0.25, 0.3) is 0 Å². The fourth-order valence-corrected chi connectivity index (χ4v) is 1.51. The molecule has 0 aliphatic rings. The van der Waals surface area contributed by atoms with E-state index >= 15 is 0 Å². The van der Waals surface area contributed by atoms with Gasteiger partial charge in [0.15, 0.2) is 6.10 Å². The second-order valence-electron chi connectivity index (χ2n) is 4.24. The van der Waals surface area contributed by atoms with Gasteiger partial charge < -0.3 is 20.1 Å². The molecule has 1 rings (SSSR count). The lowest BCUT2D eigenvalue weighted by Gasteiger charge is -2.19. The summed E-state index contributed by atoms with van der Waals surface area (Å²) >= 11 is 0. The van der Waals surface area contributed by atoms with Crippen LogP contribution in [0, 0.1) is 0 Å². The Kier molecular flexibility index (Phi) is 4.74. The summed E-state index contributed by atoms with van der Waals surface area (Å²) in [5.41, 5.74) is 6.39. The molecule has 0 spiro atoms. The number of nitrogen functional groups attached to an aromatic ring is 1. The maximum absolute atomic E-state index is 11.7. The van der Waals surface area contributed by atoms with Crippen LogP contribution < -0.4 is 10.5 Å². The first-order valence-electron chi connectivity index (χ1n) is 5.72. The topological polar surface area (TPSA) is 81.9 Å². The highest BCUT2D eigenvalue weighted by molar-refractivity contribution is 5.91. The van der Waals surface area contributed by atoms with E-state index in [2.05, 4.69) is 4.74 Å². The number of nitrogens with two attached hydrogens (primary N) is 1. The maximum Gasteiger partial charge on any atom is 0.337 e. The number of rotatable bonds is 4. The Hall–Kier alpha value is -2.24. The number of ether oxygens (including phenoxy) is 2. The number of likely N-dealkylation sites (N-methyl/N-ethyl adjacent to an activating group) is 1. The molecule has 0 radical (unpaired) electrons. The number of amides is 1. The molecule has 1 aromatic carbocycles. The number of anilines is 1. The second kappa shape index (κ2) is 6.08. The first-order chi connectivity index (χ1) is 8.86. The van der Waals surface area contributed by atoms with Crippen molar-refractivity contribution in [3.05, 3.63) is 23.8 Å². The number of carbonyl (C=O) groups excluding carboxylic acids is 2. The van der Waals surface area contributed by atoms with Crippen molar-refractivity contribution in [1.82, 2.24) is 4.90 Å². The van der Waals surface area contributed by atoms with Crippen molar-refractivity contribution in [2.24, 2.45) is 0 Å². The molecule has 0 aliphatic heterocycles. The molecule has 2 N–H and O–H groups in total. The molecule has 6 heteroatoms. The number of nitrogens with zero attached hydrogens (tertiary/aromatic N) is 1. The molecule has 0 fully saturated rings. The van der Waals surface area contributed by atoms with Crippen LogP contribution >= 0.6 is 0 Å². The number of benzene rings is 1. The SMILES string of the molecule is COC(=O)c1ccc(OC(C)C(=O)N(C)C)c(N)c1. The monoisotopic (exact) mass is 266 g/mol. The van der Waals surface area contributed by atoms with Gasteiger partial charge in [-0.3, -0.25) is 4.79 Å². The van der Waals surface area contributed by atoms with Gasteiger partial charge in [-0.15, -0.1) is 0 Å². The van der Waals surface area contributed by atoms with Gasteiger partial charge in [0.2, 0.25) is 0 Å². The predicted octanol–water partition coefficient (Wildman–Crippen LogP) is 0.911. The van der Waals surface area contributed by atoms with Crippen molar-refractivity contribution in [2.75, 3.05) is 26.9 Å². The number of hydrogen-bond acceptors (Lipinski definition) is 5. The van der Waals surface area contributed by atoms with E-state index in [1.54, 1.807) is 27.1 Å². The first-order valence-corrected chi connectivity index (χ1v) is 5.72. The van der Waals surface area contributed by atoms with E-state index in [0.717, 1.165) is 0 Å². The summed E-state index contributed by atoms with van der Waals surface area (Å²) in [5, 5.41) is 0. The highest BCUT2D eigenvalue weighted by atomic mass is 16.5. The lowest BCUT2D eigenvalue weighted by molar-refractivity contribution is -0.135. The molecule has 0 aliphatic carbocycles. The molecule has 19 heavy (non-hydrogen) atoms. The zero-order chi connectivity index (χ0) is 14.6. The van der Waals surface area contributed by atoms with Crippen molar-refractivity contribution < 1.29 is 19.1 Å². The fraction of sp³-hybridized carbons (Fsp3) is 0.385.